The lowest BCUT2D eigenvalue weighted by Gasteiger charge is -2.37. The van der Waals surface area contributed by atoms with Gasteiger partial charge in [0.2, 0.25) is 5.95 Å². The SMILES string of the molecule is Cc1cc(C(=O)N(C)c2ccccc2)nc(N2CCC3(CC2)OCCO3)n1. The highest BCUT2D eigenvalue weighted by atomic mass is 16.7. The van der Waals surface area contributed by atoms with Crippen LogP contribution in [-0.2, 0) is 9.47 Å². The Balaban J connectivity index is 1.52. The zero-order chi connectivity index (χ0) is 18.9. The van der Waals surface area contributed by atoms with Crippen LogP contribution in [0.25, 0.3) is 0 Å². The fraction of sp³-hybridized carbons (Fsp3) is 0.450. The van der Waals surface area contributed by atoms with Crippen LogP contribution in [0, 0.1) is 6.92 Å². The zero-order valence-corrected chi connectivity index (χ0v) is 15.7. The van der Waals surface area contributed by atoms with E-state index in [2.05, 4.69) is 14.9 Å². The largest absolute Gasteiger partial charge is 0.347 e. The van der Waals surface area contributed by atoms with Crippen molar-refractivity contribution in [1.29, 1.82) is 0 Å². The van der Waals surface area contributed by atoms with Crippen molar-refractivity contribution < 1.29 is 14.3 Å². The maximum absolute atomic E-state index is 12.9. The summed E-state index contributed by atoms with van der Waals surface area (Å²) in [5.74, 6) is 0.00325. The van der Waals surface area contributed by atoms with Crippen LogP contribution in [0.4, 0.5) is 11.6 Å². The standard InChI is InChI=1S/C20H24N4O3/c1-15-14-17(18(25)23(2)16-6-4-3-5-7-16)22-19(21-15)24-10-8-20(9-11-24)26-12-13-27-20/h3-7,14H,8-13H2,1-2H3. The summed E-state index contributed by atoms with van der Waals surface area (Å²) >= 11 is 0. The molecule has 0 radical (unpaired) electrons. The van der Waals surface area contributed by atoms with E-state index in [1.165, 1.54) is 0 Å². The molecule has 2 aliphatic rings. The van der Waals surface area contributed by atoms with Gasteiger partial charge in [-0.05, 0) is 25.1 Å². The number of hydrogen-bond donors (Lipinski definition) is 0. The zero-order valence-electron chi connectivity index (χ0n) is 15.7. The number of carbonyl (C=O) groups excluding carboxylic acids is 1. The molecule has 0 N–H and O–H groups in total. The summed E-state index contributed by atoms with van der Waals surface area (Å²) in [4.78, 5) is 25.7. The van der Waals surface area contributed by atoms with Gasteiger partial charge in [0.25, 0.3) is 5.91 Å². The number of hydrogen-bond acceptors (Lipinski definition) is 6. The maximum Gasteiger partial charge on any atom is 0.276 e. The van der Waals surface area contributed by atoms with Crippen LogP contribution in [-0.4, -0.2) is 55.0 Å². The van der Waals surface area contributed by atoms with Crippen LogP contribution >= 0.6 is 0 Å². The Hall–Kier alpha value is -2.51. The summed E-state index contributed by atoms with van der Waals surface area (Å²) in [5, 5.41) is 0. The molecule has 0 atom stereocenters. The topological polar surface area (TPSA) is 67.8 Å². The van der Waals surface area contributed by atoms with Gasteiger partial charge in [-0.25, -0.2) is 9.97 Å². The third-order valence-corrected chi connectivity index (χ3v) is 5.13. The fourth-order valence-corrected chi connectivity index (χ4v) is 3.58. The molecule has 0 aliphatic carbocycles. The van der Waals surface area contributed by atoms with Crippen molar-refractivity contribution in [2.24, 2.45) is 0 Å². The second-order valence-electron chi connectivity index (χ2n) is 6.99. The summed E-state index contributed by atoms with van der Waals surface area (Å²) in [7, 11) is 1.76. The van der Waals surface area contributed by atoms with Crippen molar-refractivity contribution in [1.82, 2.24) is 9.97 Å². The monoisotopic (exact) mass is 368 g/mol. The lowest BCUT2D eigenvalue weighted by Crippen LogP contribution is -2.46. The molecule has 1 spiro atoms. The summed E-state index contributed by atoms with van der Waals surface area (Å²) in [6, 6.07) is 11.3. The second-order valence-corrected chi connectivity index (χ2v) is 6.99. The van der Waals surface area contributed by atoms with Gasteiger partial charge in [0, 0.05) is 44.4 Å². The van der Waals surface area contributed by atoms with E-state index in [1.807, 2.05) is 37.3 Å². The first-order valence-corrected chi connectivity index (χ1v) is 9.28. The lowest BCUT2D eigenvalue weighted by atomic mass is 10.0. The fourth-order valence-electron chi connectivity index (χ4n) is 3.58. The van der Waals surface area contributed by atoms with Crippen LogP contribution in [0.15, 0.2) is 36.4 Å². The van der Waals surface area contributed by atoms with E-state index in [0.29, 0.717) is 24.9 Å². The van der Waals surface area contributed by atoms with Gasteiger partial charge in [0.15, 0.2) is 5.79 Å². The first-order chi connectivity index (χ1) is 13.1. The Bertz CT molecular complexity index is 811. The highest BCUT2D eigenvalue weighted by molar-refractivity contribution is 6.04. The molecule has 4 rings (SSSR count). The van der Waals surface area contributed by atoms with Crippen molar-refractivity contribution in [3.8, 4) is 0 Å². The molecule has 2 aliphatic heterocycles. The molecule has 7 heteroatoms. The number of amides is 1. The molecule has 27 heavy (non-hydrogen) atoms. The number of rotatable bonds is 3. The van der Waals surface area contributed by atoms with E-state index < -0.39 is 5.79 Å². The normalized spacial score (nSPS) is 18.7. The van der Waals surface area contributed by atoms with Crippen LogP contribution < -0.4 is 9.80 Å². The quantitative estimate of drug-likeness (QED) is 0.829. The van der Waals surface area contributed by atoms with Gasteiger partial charge in [-0.1, -0.05) is 18.2 Å². The number of benzene rings is 1. The van der Waals surface area contributed by atoms with Gasteiger partial charge >= 0.3 is 0 Å². The third-order valence-electron chi connectivity index (χ3n) is 5.13. The molecule has 0 saturated carbocycles. The van der Waals surface area contributed by atoms with E-state index in [-0.39, 0.29) is 5.91 Å². The number of nitrogens with zero attached hydrogens (tertiary/aromatic N) is 4. The molecular formula is C20H24N4O3. The predicted octanol–water partition coefficient (Wildman–Crippen LogP) is 2.40. The minimum Gasteiger partial charge on any atom is -0.347 e. The molecular weight excluding hydrogens is 344 g/mol. The number of para-hydroxylation sites is 1. The number of aryl methyl sites for hydroxylation is 1. The van der Waals surface area contributed by atoms with Gasteiger partial charge in [0.1, 0.15) is 5.69 Å². The van der Waals surface area contributed by atoms with Crippen molar-refractivity contribution in [2.75, 3.05) is 43.2 Å². The Labute approximate surface area is 158 Å². The molecule has 1 amide bonds. The summed E-state index contributed by atoms with van der Waals surface area (Å²) < 4.78 is 11.6. The first kappa shape index (κ1) is 17.9. The van der Waals surface area contributed by atoms with Crippen molar-refractivity contribution in [2.45, 2.75) is 25.6 Å². The summed E-state index contributed by atoms with van der Waals surface area (Å²) in [5.41, 5.74) is 2.01. The van der Waals surface area contributed by atoms with Crippen LogP contribution in [0.1, 0.15) is 29.0 Å². The van der Waals surface area contributed by atoms with Gasteiger partial charge in [-0.3, -0.25) is 4.79 Å². The maximum atomic E-state index is 12.9. The number of anilines is 2. The Kier molecular flexibility index (Phi) is 4.80. The molecule has 0 bridgehead atoms. The molecule has 2 saturated heterocycles. The van der Waals surface area contributed by atoms with Gasteiger partial charge in [-0.2, -0.15) is 0 Å². The van der Waals surface area contributed by atoms with Gasteiger partial charge < -0.3 is 19.3 Å². The minimum atomic E-state index is -0.438. The Morgan fingerprint density at radius 1 is 1.11 bits per heavy atom. The number of aromatic nitrogens is 2. The summed E-state index contributed by atoms with van der Waals surface area (Å²) in [6.45, 7) is 4.69. The highest BCUT2D eigenvalue weighted by Gasteiger charge is 2.40. The van der Waals surface area contributed by atoms with Gasteiger partial charge in [0.05, 0.1) is 13.2 Å². The Morgan fingerprint density at radius 2 is 1.78 bits per heavy atom. The predicted molar refractivity (Wildman–Crippen MR) is 102 cm³/mol. The van der Waals surface area contributed by atoms with Crippen molar-refractivity contribution in [3.63, 3.8) is 0 Å². The van der Waals surface area contributed by atoms with Crippen LogP contribution in [0.2, 0.25) is 0 Å². The van der Waals surface area contributed by atoms with E-state index in [0.717, 1.165) is 37.3 Å². The molecule has 7 nitrogen and oxygen atoms in total. The number of carbonyl (C=O) groups is 1. The minimum absolute atomic E-state index is 0.149. The average Bonchev–Trinajstić information content (AvgIpc) is 3.15. The molecule has 2 fully saturated rings. The van der Waals surface area contributed by atoms with Crippen LogP contribution in [0.5, 0.6) is 0 Å². The van der Waals surface area contributed by atoms with Crippen molar-refractivity contribution in [3.05, 3.63) is 47.8 Å². The second kappa shape index (κ2) is 7.25. The lowest BCUT2D eigenvalue weighted by molar-refractivity contribution is -0.169. The molecule has 2 aromatic rings. The molecule has 0 unspecified atom stereocenters. The third kappa shape index (κ3) is 3.65. The van der Waals surface area contributed by atoms with Crippen molar-refractivity contribution >= 4 is 17.5 Å². The van der Waals surface area contributed by atoms with E-state index in [1.54, 1.807) is 18.0 Å². The summed E-state index contributed by atoms with van der Waals surface area (Å²) in [6.07, 6.45) is 1.55. The van der Waals surface area contributed by atoms with E-state index >= 15 is 0 Å². The van der Waals surface area contributed by atoms with Gasteiger partial charge in [-0.15, -0.1) is 0 Å². The van der Waals surface area contributed by atoms with E-state index in [9.17, 15) is 4.79 Å². The Morgan fingerprint density at radius 3 is 2.44 bits per heavy atom. The van der Waals surface area contributed by atoms with Crippen LogP contribution in [0.3, 0.4) is 0 Å². The van der Waals surface area contributed by atoms with E-state index in [4.69, 9.17) is 9.47 Å². The molecule has 1 aromatic heterocycles. The highest BCUT2D eigenvalue weighted by Crippen LogP contribution is 2.32. The number of piperidine rings is 1. The first-order valence-electron chi connectivity index (χ1n) is 9.28. The average molecular weight is 368 g/mol. The smallest absolute Gasteiger partial charge is 0.276 e. The molecule has 142 valence electrons. The number of ether oxygens (including phenoxy) is 2. The molecule has 1 aromatic carbocycles. The molecule has 3 heterocycles.